The van der Waals surface area contributed by atoms with Crippen molar-refractivity contribution in [2.24, 2.45) is 0 Å². The first-order valence-corrected chi connectivity index (χ1v) is 8.44. The van der Waals surface area contributed by atoms with E-state index in [-0.39, 0.29) is 6.03 Å². The van der Waals surface area contributed by atoms with E-state index in [1.807, 2.05) is 24.3 Å². The average molecular weight is 297 g/mol. The van der Waals surface area contributed by atoms with E-state index in [2.05, 4.69) is 10.0 Å². The van der Waals surface area contributed by atoms with Crippen molar-refractivity contribution >= 4 is 21.7 Å². The molecule has 1 aromatic rings. The van der Waals surface area contributed by atoms with Crippen molar-refractivity contribution in [2.45, 2.75) is 12.8 Å². The number of nitrogens with one attached hydrogen (secondary N) is 2. The quantitative estimate of drug-likeness (QED) is 0.785. The molecule has 0 bridgehead atoms. The van der Waals surface area contributed by atoms with E-state index in [0.29, 0.717) is 26.1 Å². The van der Waals surface area contributed by atoms with Gasteiger partial charge in [0, 0.05) is 25.3 Å². The summed E-state index contributed by atoms with van der Waals surface area (Å²) < 4.78 is 24.1. The predicted octanol–water partition coefficient (Wildman–Crippen LogP) is 0.698. The molecule has 110 valence electrons. The second-order valence-electron chi connectivity index (χ2n) is 4.78. The standard InChI is InChI=1S/C13H19N3O3S/c1-20(18,19)15-9-4-8-14-13(17)16-10-7-11-5-2-3-6-12(11)16/h2-3,5-6,15H,4,7-10H2,1H3,(H,14,17). The van der Waals surface area contributed by atoms with Gasteiger partial charge in [0.1, 0.15) is 0 Å². The lowest BCUT2D eigenvalue weighted by atomic mass is 10.2. The number of amides is 2. The Bertz CT molecular complexity index is 586. The van der Waals surface area contributed by atoms with Crippen molar-refractivity contribution in [3.63, 3.8) is 0 Å². The first-order chi connectivity index (χ1) is 9.47. The molecule has 6 nitrogen and oxygen atoms in total. The number of rotatable bonds is 5. The third-order valence-electron chi connectivity index (χ3n) is 3.13. The molecule has 0 radical (unpaired) electrons. The fraction of sp³-hybridized carbons (Fsp3) is 0.462. The lowest BCUT2D eigenvalue weighted by Gasteiger charge is -2.18. The molecular weight excluding hydrogens is 278 g/mol. The number of benzene rings is 1. The number of fused-ring (bicyclic) bond motifs is 1. The number of nitrogens with zero attached hydrogens (tertiary/aromatic N) is 1. The minimum Gasteiger partial charge on any atom is -0.338 e. The van der Waals surface area contributed by atoms with E-state index < -0.39 is 10.0 Å². The zero-order valence-corrected chi connectivity index (χ0v) is 12.2. The Labute approximate surface area is 119 Å². The summed E-state index contributed by atoms with van der Waals surface area (Å²) in [7, 11) is -3.15. The van der Waals surface area contributed by atoms with Gasteiger partial charge in [0.15, 0.2) is 0 Å². The third kappa shape index (κ3) is 3.94. The van der Waals surface area contributed by atoms with Gasteiger partial charge in [0.2, 0.25) is 10.0 Å². The number of carbonyl (C=O) groups is 1. The normalized spacial score (nSPS) is 14.2. The Morgan fingerprint density at radius 3 is 2.80 bits per heavy atom. The molecule has 1 aromatic carbocycles. The summed E-state index contributed by atoms with van der Waals surface area (Å²) in [6.45, 7) is 1.46. The lowest BCUT2D eigenvalue weighted by molar-refractivity contribution is 0.246. The van der Waals surface area contributed by atoms with Gasteiger partial charge in [-0.25, -0.2) is 17.9 Å². The van der Waals surface area contributed by atoms with Crippen molar-refractivity contribution in [2.75, 3.05) is 30.8 Å². The second-order valence-corrected chi connectivity index (χ2v) is 6.62. The molecular formula is C13H19N3O3S. The van der Waals surface area contributed by atoms with Crippen molar-refractivity contribution < 1.29 is 13.2 Å². The van der Waals surface area contributed by atoms with Crippen LogP contribution in [0.2, 0.25) is 0 Å². The van der Waals surface area contributed by atoms with Gasteiger partial charge >= 0.3 is 6.03 Å². The Hall–Kier alpha value is -1.60. The summed E-state index contributed by atoms with van der Waals surface area (Å²) >= 11 is 0. The van der Waals surface area contributed by atoms with Gasteiger partial charge in [-0.05, 0) is 24.5 Å². The number of hydrogen-bond acceptors (Lipinski definition) is 3. The van der Waals surface area contributed by atoms with Crippen molar-refractivity contribution in [1.29, 1.82) is 0 Å². The minimum atomic E-state index is -3.15. The highest BCUT2D eigenvalue weighted by atomic mass is 32.2. The fourth-order valence-electron chi connectivity index (χ4n) is 2.19. The maximum Gasteiger partial charge on any atom is 0.321 e. The van der Waals surface area contributed by atoms with Gasteiger partial charge in [-0.3, -0.25) is 4.90 Å². The molecule has 0 atom stereocenters. The van der Waals surface area contributed by atoms with Crippen LogP contribution in [0.3, 0.4) is 0 Å². The average Bonchev–Trinajstić information content (AvgIpc) is 2.80. The van der Waals surface area contributed by atoms with Crippen LogP contribution in [0.5, 0.6) is 0 Å². The molecule has 0 aromatic heterocycles. The maximum atomic E-state index is 12.0. The van der Waals surface area contributed by atoms with Crippen LogP contribution in [0.25, 0.3) is 0 Å². The molecule has 0 unspecified atom stereocenters. The largest absolute Gasteiger partial charge is 0.338 e. The minimum absolute atomic E-state index is 0.130. The summed E-state index contributed by atoms with van der Waals surface area (Å²) in [5.74, 6) is 0. The number of anilines is 1. The van der Waals surface area contributed by atoms with Crippen molar-refractivity contribution in [3.8, 4) is 0 Å². The number of urea groups is 1. The molecule has 0 spiro atoms. The molecule has 1 aliphatic rings. The Kier molecular flexibility index (Phi) is 4.61. The van der Waals surface area contributed by atoms with Crippen molar-refractivity contribution in [1.82, 2.24) is 10.0 Å². The van der Waals surface area contributed by atoms with Gasteiger partial charge in [0.05, 0.1) is 6.26 Å². The lowest BCUT2D eigenvalue weighted by Crippen LogP contribution is -2.40. The number of sulfonamides is 1. The molecule has 0 fully saturated rings. The zero-order valence-electron chi connectivity index (χ0n) is 11.4. The number of hydrogen-bond donors (Lipinski definition) is 2. The predicted molar refractivity (Wildman–Crippen MR) is 78.4 cm³/mol. The van der Waals surface area contributed by atoms with Crippen LogP contribution >= 0.6 is 0 Å². The van der Waals surface area contributed by atoms with Crippen LogP contribution < -0.4 is 14.9 Å². The van der Waals surface area contributed by atoms with Gasteiger partial charge in [0.25, 0.3) is 0 Å². The van der Waals surface area contributed by atoms with Crippen LogP contribution in [0, 0.1) is 0 Å². The van der Waals surface area contributed by atoms with Crippen LogP contribution in [0.4, 0.5) is 10.5 Å². The second kappa shape index (κ2) is 6.23. The monoisotopic (exact) mass is 297 g/mol. The fourth-order valence-corrected chi connectivity index (χ4v) is 2.70. The van der Waals surface area contributed by atoms with Crippen LogP contribution in [-0.4, -0.2) is 40.3 Å². The van der Waals surface area contributed by atoms with E-state index in [4.69, 9.17) is 0 Å². The summed E-state index contributed by atoms with van der Waals surface area (Å²) in [4.78, 5) is 13.8. The third-order valence-corrected chi connectivity index (χ3v) is 3.85. The maximum absolute atomic E-state index is 12.0. The van der Waals surface area contributed by atoms with Crippen LogP contribution in [-0.2, 0) is 16.4 Å². The number of carbonyl (C=O) groups excluding carboxylic acids is 1. The summed E-state index contributed by atoms with van der Waals surface area (Å²) in [5.41, 5.74) is 2.14. The van der Waals surface area contributed by atoms with Crippen molar-refractivity contribution in [3.05, 3.63) is 29.8 Å². The van der Waals surface area contributed by atoms with E-state index >= 15 is 0 Å². The van der Waals surface area contributed by atoms with Gasteiger partial charge in [-0.1, -0.05) is 18.2 Å². The highest BCUT2D eigenvalue weighted by Gasteiger charge is 2.23. The topological polar surface area (TPSA) is 78.5 Å². The molecule has 2 N–H and O–H groups in total. The Balaban J connectivity index is 1.77. The van der Waals surface area contributed by atoms with E-state index in [1.165, 1.54) is 5.56 Å². The molecule has 1 aliphatic heterocycles. The molecule has 0 saturated heterocycles. The van der Waals surface area contributed by atoms with Crippen LogP contribution in [0.15, 0.2) is 24.3 Å². The van der Waals surface area contributed by atoms with Gasteiger partial charge in [-0.2, -0.15) is 0 Å². The molecule has 20 heavy (non-hydrogen) atoms. The highest BCUT2D eigenvalue weighted by Crippen LogP contribution is 2.27. The zero-order chi connectivity index (χ0) is 14.6. The Morgan fingerprint density at radius 2 is 2.05 bits per heavy atom. The smallest absolute Gasteiger partial charge is 0.321 e. The summed E-state index contributed by atoms with van der Waals surface area (Å²) in [6.07, 6.45) is 2.56. The van der Waals surface area contributed by atoms with Gasteiger partial charge < -0.3 is 5.32 Å². The molecule has 1 heterocycles. The Morgan fingerprint density at radius 1 is 1.30 bits per heavy atom. The molecule has 0 saturated carbocycles. The SMILES string of the molecule is CS(=O)(=O)NCCCNC(=O)N1CCc2ccccc21. The summed E-state index contributed by atoms with van der Waals surface area (Å²) in [5, 5.41) is 2.80. The molecule has 2 amide bonds. The molecule has 2 rings (SSSR count). The van der Waals surface area contributed by atoms with E-state index in [0.717, 1.165) is 18.4 Å². The molecule has 0 aliphatic carbocycles. The van der Waals surface area contributed by atoms with Crippen LogP contribution in [0.1, 0.15) is 12.0 Å². The summed E-state index contributed by atoms with van der Waals surface area (Å²) in [6, 6.07) is 7.72. The van der Waals surface area contributed by atoms with E-state index in [9.17, 15) is 13.2 Å². The van der Waals surface area contributed by atoms with E-state index in [1.54, 1.807) is 4.90 Å². The van der Waals surface area contributed by atoms with Gasteiger partial charge in [-0.15, -0.1) is 0 Å². The first kappa shape index (κ1) is 14.8. The molecule has 7 heteroatoms. The first-order valence-electron chi connectivity index (χ1n) is 6.55. The highest BCUT2D eigenvalue weighted by molar-refractivity contribution is 7.88. The number of para-hydroxylation sites is 1.